The van der Waals surface area contributed by atoms with Crippen molar-refractivity contribution in [2.75, 3.05) is 24.7 Å². The van der Waals surface area contributed by atoms with E-state index in [1.165, 1.54) is 12.8 Å². The Balaban J connectivity index is 1.34. The van der Waals surface area contributed by atoms with Crippen LogP contribution in [0.15, 0.2) is 36.7 Å². The van der Waals surface area contributed by atoms with E-state index in [0.717, 1.165) is 42.5 Å². The van der Waals surface area contributed by atoms with E-state index in [1.807, 2.05) is 35.4 Å². The molecule has 2 fully saturated rings. The molecule has 6 rings (SSSR count). The van der Waals surface area contributed by atoms with Crippen molar-refractivity contribution in [2.24, 2.45) is 17.8 Å². The molecule has 2 atom stereocenters. The quantitative estimate of drug-likeness (QED) is 0.482. The third kappa shape index (κ3) is 4.98. The fourth-order valence-electron chi connectivity index (χ4n) is 5.28. The van der Waals surface area contributed by atoms with Crippen LogP contribution in [0.25, 0.3) is 10.9 Å². The van der Waals surface area contributed by atoms with Gasteiger partial charge in [0, 0.05) is 30.2 Å². The van der Waals surface area contributed by atoms with E-state index in [0.29, 0.717) is 59.6 Å². The number of benzene rings is 1. The summed E-state index contributed by atoms with van der Waals surface area (Å²) in [4.78, 5) is 29.3. The second kappa shape index (κ2) is 9.70. The number of aromatic nitrogens is 3. The van der Waals surface area contributed by atoms with E-state index in [1.54, 1.807) is 6.20 Å². The SMILES string of the molecule is O=C1CC(C2CC2)CCc2ccncc2N1Cc1nc(OCC2CCOC2)c2ccc(Cl)cc2n1. The number of rotatable bonds is 6. The molecule has 0 spiro atoms. The second-order valence-corrected chi connectivity index (χ2v) is 10.4. The number of pyridine rings is 1. The molecule has 2 unspecified atom stereocenters. The molecule has 1 aliphatic carbocycles. The summed E-state index contributed by atoms with van der Waals surface area (Å²) in [6, 6.07) is 7.56. The Morgan fingerprint density at radius 1 is 1.11 bits per heavy atom. The molecule has 1 saturated carbocycles. The number of anilines is 1. The Bertz CT molecular complexity index is 1240. The Hall–Kier alpha value is -2.77. The number of fused-ring (bicyclic) bond motifs is 2. The van der Waals surface area contributed by atoms with Crippen molar-refractivity contribution < 1.29 is 14.3 Å². The maximum Gasteiger partial charge on any atom is 0.227 e. The van der Waals surface area contributed by atoms with E-state index < -0.39 is 0 Å². The van der Waals surface area contributed by atoms with Gasteiger partial charge in [-0.25, -0.2) is 4.98 Å². The Labute approximate surface area is 209 Å². The van der Waals surface area contributed by atoms with Crippen LogP contribution in [-0.4, -0.2) is 40.7 Å². The summed E-state index contributed by atoms with van der Waals surface area (Å²) in [5.74, 6) is 2.64. The molecule has 4 heterocycles. The van der Waals surface area contributed by atoms with Gasteiger partial charge in [-0.3, -0.25) is 9.78 Å². The zero-order chi connectivity index (χ0) is 23.8. The predicted octanol–water partition coefficient (Wildman–Crippen LogP) is 4.99. The Kier molecular flexibility index (Phi) is 6.29. The van der Waals surface area contributed by atoms with Gasteiger partial charge in [0.15, 0.2) is 5.82 Å². The first kappa shape index (κ1) is 22.7. The van der Waals surface area contributed by atoms with Crippen LogP contribution in [0.2, 0.25) is 5.02 Å². The van der Waals surface area contributed by atoms with Crippen molar-refractivity contribution in [2.45, 2.75) is 45.1 Å². The van der Waals surface area contributed by atoms with Gasteiger partial charge < -0.3 is 14.4 Å². The number of aryl methyl sites for hydroxylation is 1. The highest BCUT2D eigenvalue weighted by Gasteiger charge is 2.35. The Morgan fingerprint density at radius 2 is 2.03 bits per heavy atom. The van der Waals surface area contributed by atoms with Crippen LogP contribution >= 0.6 is 11.6 Å². The van der Waals surface area contributed by atoms with Crippen LogP contribution in [0.1, 0.15) is 43.5 Å². The van der Waals surface area contributed by atoms with E-state index in [-0.39, 0.29) is 12.5 Å². The molecule has 2 aliphatic heterocycles. The fraction of sp³-hybridized carbons (Fsp3) is 0.481. The fourth-order valence-corrected chi connectivity index (χ4v) is 5.44. The van der Waals surface area contributed by atoms with Gasteiger partial charge in [0.2, 0.25) is 11.8 Å². The maximum absolute atomic E-state index is 13.6. The molecule has 0 radical (unpaired) electrons. The zero-order valence-corrected chi connectivity index (χ0v) is 20.4. The second-order valence-electron chi connectivity index (χ2n) is 9.97. The van der Waals surface area contributed by atoms with Gasteiger partial charge in [-0.2, -0.15) is 4.98 Å². The topological polar surface area (TPSA) is 77.4 Å². The first-order valence-corrected chi connectivity index (χ1v) is 12.9. The molecular formula is C27H29ClN4O3. The van der Waals surface area contributed by atoms with Gasteiger partial charge in [-0.15, -0.1) is 0 Å². The van der Waals surface area contributed by atoms with Crippen LogP contribution in [0.5, 0.6) is 5.88 Å². The standard InChI is InChI=1S/C27H29ClN4O3/c28-21-5-6-22-23(12-21)30-25(31-27(22)35-16-17-8-10-34-15-17)14-32-24-13-29-9-7-19(24)3-4-20(11-26(32)33)18-1-2-18/h5-7,9,12-13,17-18,20H,1-4,8,10-11,14-16H2. The molecule has 7 nitrogen and oxygen atoms in total. The van der Waals surface area contributed by atoms with E-state index in [9.17, 15) is 4.79 Å². The molecule has 0 N–H and O–H groups in total. The lowest BCUT2D eigenvalue weighted by atomic mass is 9.89. The number of carbonyl (C=O) groups is 1. The molecule has 8 heteroatoms. The minimum Gasteiger partial charge on any atom is -0.477 e. The van der Waals surface area contributed by atoms with Crippen LogP contribution in [0, 0.1) is 17.8 Å². The predicted molar refractivity (Wildman–Crippen MR) is 134 cm³/mol. The lowest BCUT2D eigenvalue weighted by Gasteiger charge is -2.29. The molecule has 182 valence electrons. The average Bonchev–Trinajstić information content (AvgIpc) is 3.57. The largest absolute Gasteiger partial charge is 0.477 e. The summed E-state index contributed by atoms with van der Waals surface area (Å²) in [7, 11) is 0. The smallest absolute Gasteiger partial charge is 0.227 e. The van der Waals surface area contributed by atoms with Crippen LogP contribution < -0.4 is 9.64 Å². The highest BCUT2D eigenvalue weighted by atomic mass is 35.5. The molecule has 3 aliphatic rings. The van der Waals surface area contributed by atoms with Crippen LogP contribution in [-0.2, 0) is 22.5 Å². The maximum atomic E-state index is 13.6. The van der Waals surface area contributed by atoms with Gasteiger partial charge in [0.1, 0.15) is 0 Å². The van der Waals surface area contributed by atoms with Gasteiger partial charge in [-0.1, -0.05) is 11.6 Å². The summed E-state index contributed by atoms with van der Waals surface area (Å²) >= 11 is 6.29. The number of hydrogen-bond donors (Lipinski definition) is 0. The monoisotopic (exact) mass is 492 g/mol. The van der Waals surface area contributed by atoms with Crippen molar-refractivity contribution in [1.29, 1.82) is 0 Å². The molecule has 3 aromatic rings. The van der Waals surface area contributed by atoms with Crippen molar-refractivity contribution in [3.63, 3.8) is 0 Å². The number of halogens is 1. The number of hydrogen-bond acceptors (Lipinski definition) is 6. The summed E-state index contributed by atoms with van der Waals surface area (Å²) in [5, 5.41) is 1.41. The molecule has 0 bridgehead atoms. The highest BCUT2D eigenvalue weighted by Crippen LogP contribution is 2.43. The minimum absolute atomic E-state index is 0.108. The minimum atomic E-state index is 0.108. The first-order valence-electron chi connectivity index (χ1n) is 12.5. The van der Waals surface area contributed by atoms with Crippen LogP contribution in [0.3, 0.4) is 0 Å². The van der Waals surface area contributed by atoms with Crippen molar-refractivity contribution in [3.05, 3.63) is 53.1 Å². The van der Waals surface area contributed by atoms with Crippen molar-refractivity contribution >= 4 is 34.1 Å². The molecule has 1 aromatic carbocycles. The van der Waals surface area contributed by atoms with E-state index in [4.69, 9.17) is 31.0 Å². The first-order chi connectivity index (χ1) is 17.1. The van der Waals surface area contributed by atoms with Crippen molar-refractivity contribution in [3.8, 4) is 5.88 Å². The number of amides is 1. The van der Waals surface area contributed by atoms with E-state index >= 15 is 0 Å². The molecule has 1 saturated heterocycles. The van der Waals surface area contributed by atoms with E-state index in [2.05, 4.69) is 4.98 Å². The summed E-state index contributed by atoms with van der Waals surface area (Å²) < 4.78 is 11.7. The number of carbonyl (C=O) groups excluding carboxylic acids is 1. The summed E-state index contributed by atoms with van der Waals surface area (Å²) in [6.45, 7) is 2.27. The third-order valence-electron chi connectivity index (χ3n) is 7.44. The molecule has 1 amide bonds. The third-order valence-corrected chi connectivity index (χ3v) is 7.67. The van der Waals surface area contributed by atoms with Gasteiger partial charge >= 0.3 is 0 Å². The van der Waals surface area contributed by atoms with Crippen molar-refractivity contribution in [1.82, 2.24) is 15.0 Å². The van der Waals surface area contributed by atoms with Gasteiger partial charge in [0.05, 0.1) is 42.5 Å². The van der Waals surface area contributed by atoms with Crippen LogP contribution in [0.4, 0.5) is 5.69 Å². The molecule has 35 heavy (non-hydrogen) atoms. The number of ether oxygens (including phenoxy) is 2. The molecular weight excluding hydrogens is 464 g/mol. The lowest BCUT2D eigenvalue weighted by molar-refractivity contribution is -0.120. The molecule has 2 aromatic heterocycles. The normalized spacial score (nSPS) is 22.7. The van der Waals surface area contributed by atoms with Gasteiger partial charge in [0.25, 0.3) is 0 Å². The summed E-state index contributed by atoms with van der Waals surface area (Å²) in [6.07, 6.45) is 9.62. The zero-order valence-electron chi connectivity index (χ0n) is 19.7. The average molecular weight is 493 g/mol. The summed E-state index contributed by atoms with van der Waals surface area (Å²) in [5.41, 5.74) is 2.72. The highest BCUT2D eigenvalue weighted by molar-refractivity contribution is 6.31. The van der Waals surface area contributed by atoms with Gasteiger partial charge in [-0.05, 0) is 73.8 Å². The lowest BCUT2D eigenvalue weighted by Crippen LogP contribution is -2.35. The number of nitrogens with zero attached hydrogens (tertiary/aromatic N) is 4. The Morgan fingerprint density at radius 3 is 2.86 bits per heavy atom.